The molecule has 0 saturated carbocycles. The maximum Gasteiger partial charge on any atom is 0.332 e. The molecule has 0 atom stereocenters. The summed E-state index contributed by atoms with van der Waals surface area (Å²) >= 11 is 0. The normalized spacial score (nSPS) is 11.6. The SMILES string of the molecule is Cc1cccc(Cn2c3c(=O)n(C)c(=O)n(C)c3n3c(-c4ccccc4)nnc23)c1. The van der Waals surface area contributed by atoms with Crippen LogP contribution in [0.4, 0.5) is 0 Å². The van der Waals surface area contributed by atoms with Gasteiger partial charge in [-0.05, 0) is 12.5 Å². The Morgan fingerprint density at radius 2 is 1.67 bits per heavy atom. The van der Waals surface area contributed by atoms with Crippen LogP contribution in [0.5, 0.6) is 0 Å². The number of rotatable bonds is 3. The first-order valence-electron chi connectivity index (χ1n) is 9.61. The van der Waals surface area contributed by atoms with E-state index in [2.05, 4.69) is 16.3 Å². The maximum atomic E-state index is 13.2. The quantitative estimate of drug-likeness (QED) is 0.465. The Labute approximate surface area is 171 Å². The van der Waals surface area contributed by atoms with Crippen LogP contribution in [-0.2, 0) is 20.6 Å². The Hall–Kier alpha value is -3.94. The molecule has 3 aromatic heterocycles. The number of nitrogens with zero attached hydrogens (tertiary/aromatic N) is 6. The Morgan fingerprint density at radius 1 is 0.900 bits per heavy atom. The van der Waals surface area contributed by atoms with Crippen LogP contribution < -0.4 is 11.2 Å². The third-order valence-electron chi connectivity index (χ3n) is 5.43. The summed E-state index contributed by atoms with van der Waals surface area (Å²) in [5.41, 5.74) is 3.17. The van der Waals surface area contributed by atoms with Crippen molar-refractivity contribution in [2.75, 3.05) is 0 Å². The van der Waals surface area contributed by atoms with Crippen molar-refractivity contribution in [1.82, 2.24) is 28.3 Å². The van der Waals surface area contributed by atoms with Crippen LogP contribution in [0.15, 0.2) is 64.2 Å². The van der Waals surface area contributed by atoms with E-state index in [-0.39, 0.29) is 5.56 Å². The van der Waals surface area contributed by atoms with Gasteiger partial charge in [0, 0.05) is 19.7 Å². The van der Waals surface area contributed by atoms with Gasteiger partial charge in [-0.3, -0.25) is 18.5 Å². The lowest BCUT2D eigenvalue weighted by Gasteiger charge is -2.08. The van der Waals surface area contributed by atoms with Gasteiger partial charge in [0.05, 0.1) is 6.54 Å². The molecule has 0 N–H and O–H groups in total. The highest BCUT2D eigenvalue weighted by molar-refractivity contribution is 5.80. The largest absolute Gasteiger partial charge is 0.332 e. The van der Waals surface area contributed by atoms with Gasteiger partial charge < -0.3 is 0 Å². The highest BCUT2D eigenvalue weighted by Crippen LogP contribution is 2.25. The first kappa shape index (κ1) is 18.1. The number of imidazole rings is 1. The topological polar surface area (TPSA) is 79.1 Å². The van der Waals surface area contributed by atoms with E-state index in [1.807, 2.05) is 60.0 Å². The molecule has 0 radical (unpaired) electrons. The molecule has 30 heavy (non-hydrogen) atoms. The van der Waals surface area contributed by atoms with Gasteiger partial charge in [-0.25, -0.2) is 9.20 Å². The Bertz CT molecular complexity index is 1540. The minimum Gasteiger partial charge on any atom is -0.298 e. The van der Waals surface area contributed by atoms with Crippen LogP contribution in [-0.4, -0.2) is 28.3 Å². The molecule has 0 amide bonds. The summed E-state index contributed by atoms with van der Waals surface area (Å²) in [7, 11) is 3.16. The van der Waals surface area contributed by atoms with Gasteiger partial charge in [0.25, 0.3) is 5.56 Å². The molecule has 8 heteroatoms. The minimum absolute atomic E-state index is 0.356. The summed E-state index contributed by atoms with van der Waals surface area (Å²) < 4.78 is 6.24. The molecule has 0 unspecified atom stereocenters. The summed E-state index contributed by atoms with van der Waals surface area (Å²) in [6, 6.07) is 17.7. The zero-order chi connectivity index (χ0) is 21.0. The fourth-order valence-electron chi connectivity index (χ4n) is 3.97. The lowest BCUT2D eigenvalue weighted by atomic mass is 10.1. The lowest BCUT2D eigenvalue weighted by Crippen LogP contribution is -2.37. The third-order valence-corrected chi connectivity index (χ3v) is 5.43. The monoisotopic (exact) mass is 400 g/mol. The van der Waals surface area contributed by atoms with Crippen molar-refractivity contribution < 1.29 is 0 Å². The van der Waals surface area contributed by atoms with E-state index in [1.54, 1.807) is 11.4 Å². The highest BCUT2D eigenvalue weighted by Gasteiger charge is 2.24. The second-order valence-electron chi connectivity index (χ2n) is 7.48. The Balaban J connectivity index is 1.93. The molecule has 0 saturated heterocycles. The molecule has 0 fully saturated rings. The van der Waals surface area contributed by atoms with Gasteiger partial charge in [0.1, 0.15) is 0 Å². The van der Waals surface area contributed by atoms with E-state index < -0.39 is 5.69 Å². The Morgan fingerprint density at radius 3 is 2.40 bits per heavy atom. The number of hydrogen-bond acceptors (Lipinski definition) is 4. The number of aryl methyl sites for hydroxylation is 2. The molecule has 0 spiro atoms. The molecule has 150 valence electrons. The maximum absolute atomic E-state index is 13.2. The van der Waals surface area contributed by atoms with Crippen molar-refractivity contribution in [1.29, 1.82) is 0 Å². The van der Waals surface area contributed by atoms with Gasteiger partial charge in [0.15, 0.2) is 17.0 Å². The second kappa shape index (κ2) is 6.55. The van der Waals surface area contributed by atoms with Crippen molar-refractivity contribution >= 4 is 16.9 Å². The average Bonchev–Trinajstić information content (AvgIpc) is 3.30. The van der Waals surface area contributed by atoms with Crippen molar-refractivity contribution in [3.63, 3.8) is 0 Å². The molecular weight excluding hydrogens is 380 g/mol. The number of aromatic nitrogens is 6. The molecule has 2 aromatic carbocycles. The van der Waals surface area contributed by atoms with Crippen LogP contribution in [0, 0.1) is 6.92 Å². The van der Waals surface area contributed by atoms with E-state index in [0.29, 0.717) is 29.3 Å². The average molecular weight is 400 g/mol. The van der Waals surface area contributed by atoms with Crippen LogP contribution in [0.2, 0.25) is 0 Å². The van der Waals surface area contributed by atoms with E-state index in [4.69, 9.17) is 0 Å². The van der Waals surface area contributed by atoms with Gasteiger partial charge >= 0.3 is 5.69 Å². The fourth-order valence-corrected chi connectivity index (χ4v) is 3.97. The first-order chi connectivity index (χ1) is 14.5. The summed E-state index contributed by atoms with van der Waals surface area (Å²) in [5, 5.41) is 8.79. The predicted molar refractivity (Wildman–Crippen MR) is 115 cm³/mol. The highest BCUT2D eigenvalue weighted by atomic mass is 16.2. The first-order valence-corrected chi connectivity index (χ1v) is 9.61. The van der Waals surface area contributed by atoms with Crippen molar-refractivity contribution in [3.05, 3.63) is 86.6 Å². The smallest absolute Gasteiger partial charge is 0.298 e. The molecule has 0 aliphatic rings. The summed E-state index contributed by atoms with van der Waals surface area (Å²) in [6.07, 6.45) is 0. The summed E-state index contributed by atoms with van der Waals surface area (Å²) in [6.45, 7) is 2.47. The summed E-state index contributed by atoms with van der Waals surface area (Å²) in [4.78, 5) is 25.9. The number of hydrogen-bond donors (Lipinski definition) is 0. The molecular formula is C22H20N6O2. The standard InChI is InChI=1S/C22H20N6O2/c1-14-8-7-9-15(12-14)13-27-17-19(25(2)22(30)26(3)20(17)29)28-18(23-24-21(27)28)16-10-5-4-6-11-16/h4-12H,13H2,1-3H3. The second-order valence-corrected chi connectivity index (χ2v) is 7.48. The van der Waals surface area contributed by atoms with Crippen molar-refractivity contribution in [2.24, 2.45) is 14.1 Å². The van der Waals surface area contributed by atoms with Gasteiger partial charge in [-0.2, -0.15) is 0 Å². The van der Waals surface area contributed by atoms with Crippen LogP contribution >= 0.6 is 0 Å². The van der Waals surface area contributed by atoms with E-state index in [1.165, 1.54) is 11.6 Å². The zero-order valence-corrected chi connectivity index (χ0v) is 16.9. The van der Waals surface area contributed by atoms with E-state index in [0.717, 1.165) is 21.3 Å². The molecule has 0 aliphatic carbocycles. The number of fused-ring (bicyclic) bond motifs is 3. The van der Waals surface area contributed by atoms with Crippen LogP contribution in [0.1, 0.15) is 11.1 Å². The third kappa shape index (κ3) is 2.53. The Kier molecular flexibility index (Phi) is 3.95. The fraction of sp³-hybridized carbons (Fsp3) is 0.182. The predicted octanol–water partition coefficient (Wildman–Crippen LogP) is 2.11. The van der Waals surface area contributed by atoms with Gasteiger partial charge in [-0.15, -0.1) is 10.2 Å². The molecule has 0 bridgehead atoms. The van der Waals surface area contributed by atoms with Gasteiger partial charge in [-0.1, -0.05) is 60.2 Å². The zero-order valence-electron chi connectivity index (χ0n) is 16.9. The van der Waals surface area contributed by atoms with Crippen molar-refractivity contribution in [2.45, 2.75) is 13.5 Å². The molecule has 5 aromatic rings. The van der Waals surface area contributed by atoms with E-state index >= 15 is 0 Å². The minimum atomic E-state index is -0.394. The van der Waals surface area contributed by atoms with Crippen LogP contribution in [0.25, 0.3) is 28.3 Å². The van der Waals surface area contributed by atoms with Gasteiger partial charge in [0.2, 0.25) is 5.78 Å². The molecule has 8 nitrogen and oxygen atoms in total. The molecule has 3 heterocycles. The van der Waals surface area contributed by atoms with E-state index in [9.17, 15) is 9.59 Å². The van der Waals surface area contributed by atoms with Crippen molar-refractivity contribution in [3.8, 4) is 11.4 Å². The lowest BCUT2D eigenvalue weighted by molar-refractivity contribution is 0.700. The molecule has 5 rings (SSSR count). The summed E-state index contributed by atoms with van der Waals surface area (Å²) in [5.74, 6) is 1.10. The van der Waals surface area contributed by atoms with Crippen LogP contribution in [0.3, 0.4) is 0 Å². The number of benzene rings is 2. The molecule has 0 aliphatic heterocycles.